The van der Waals surface area contributed by atoms with Gasteiger partial charge >= 0.3 is 0 Å². The number of hydrogen-bond acceptors (Lipinski definition) is 6. The SMILES string of the molecule is COc1ccc(-c2cc[nH]c2)c(Cc2nc3c(N)nc(Cl)nc3n2CCC2CCN(C(C)=O)CC2)c1. The number of H-pyrrole nitrogens is 1. The summed E-state index contributed by atoms with van der Waals surface area (Å²) in [7, 11) is 1.67. The number of imidazole rings is 1. The van der Waals surface area contributed by atoms with E-state index in [1.54, 1.807) is 14.0 Å². The van der Waals surface area contributed by atoms with E-state index in [9.17, 15) is 4.79 Å². The molecule has 188 valence electrons. The second-order valence-corrected chi connectivity index (χ2v) is 9.61. The highest BCUT2D eigenvalue weighted by atomic mass is 35.5. The number of aromatic amines is 1. The fourth-order valence-electron chi connectivity index (χ4n) is 5.04. The molecule has 10 heteroatoms. The number of carbonyl (C=O) groups excluding carboxylic acids is 1. The van der Waals surface area contributed by atoms with E-state index in [2.05, 4.69) is 25.6 Å². The molecule has 1 aromatic carbocycles. The summed E-state index contributed by atoms with van der Waals surface area (Å²) in [5, 5.41) is 0.108. The van der Waals surface area contributed by atoms with E-state index in [-0.39, 0.29) is 17.0 Å². The highest BCUT2D eigenvalue weighted by Gasteiger charge is 2.23. The molecule has 36 heavy (non-hydrogen) atoms. The smallest absolute Gasteiger partial charge is 0.226 e. The van der Waals surface area contributed by atoms with Crippen molar-refractivity contribution < 1.29 is 9.53 Å². The van der Waals surface area contributed by atoms with Crippen molar-refractivity contribution in [3.05, 3.63) is 53.3 Å². The third-order valence-corrected chi connectivity index (χ3v) is 7.23. The van der Waals surface area contributed by atoms with Crippen molar-refractivity contribution in [3.63, 3.8) is 0 Å². The number of nitrogens with one attached hydrogen (secondary N) is 1. The maximum absolute atomic E-state index is 11.7. The number of aryl methyl sites for hydroxylation is 1. The van der Waals surface area contributed by atoms with Crippen LogP contribution in [0.2, 0.25) is 5.28 Å². The first-order valence-corrected chi connectivity index (χ1v) is 12.5. The van der Waals surface area contributed by atoms with E-state index >= 15 is 0 Å². The van der Waals surface area contributed by atoms with Gasteiger partial charge in [0.1, 0.15) is 11.6 Å². The molecule has 1 amide bonds. The third kappa shape index (κ3) is 4.88. The number of fused-ring (bicyclic) bond motifs is 1. The largest absolute Gasteiger partial charge is 0.497 e. The van der Waals surface area contributed by atoms with Gasteiger partial charge in [-0.05, 0) is 71.7 Å². The minimum absolute atomic E-state index is 0.108. The van der Waals surface area contributed by atoms with Gasteiger partial charge in [0.15, 0.2) is 17.0 Å². The fraction of sp³-hybridized carbons (Fsp3) is 0.385. The molecular formula is C26H30ClN7O2. The van der Waals surface area contributed by atoms with Crippen LogP contribution in [0.1, 0.15) is 37.6 Å². The summed E-state index contributed by atoms with van der Waals surface area (Å²) in [6, 6.07) is 8.13. The van der Waals surface area contributed by atoms with Gasteiger partial charge in [0.25, 0.3) is 0 Å². The zero-order valence-corrected chi connectivity index (χ0v) is 21.3. The van der Waals surface area contributed by atoms with Crippen LogP contribution in [0.3, 0.4) is 0 Å². The lowest BCUT2D eigenvalue weighted by molar-refractivity contribution is -0.130. The number of carbonyl (C=O) groups is 1. The van der Waals surface area contributed by atoms with E-state index in [0.29, 0.717) is 23.5 Å². The molecule has 9 nitrogen and oxygen atoms in total. The van der Waals surface area contributed by atoms with E-state index in [0.717, 1.165) is 67.2 Å². The number of likely N-dealkylation sites (tertiary alicyclic amines) is 1. The van der Waals surface area contributed by atoms with E-state index in [1.165, 1.54) is 0 Å². The molecule has 1 saturated heterocycles. The Morgan fingerprint density at radius 3 is 2.72 bits per heavy atom. The van der Waals surface area contributed by atoms with Gasteiger partial charge < -0.3 is 24.9 Å². The molecule has 0 radical (unpaired) electrons. The Morgan fingerprint density at radius 1 is 1.22 bits per heavy atom. The van der Waals surface area contributed by atoms with Crippen LogP contribution in [0.25, 0.3) is 22.3 Å². The van der Waals surface area contributed by atoms with E-state index in [1.807, 2.05) is 35.5 Å². The first-order valence-electron chi connectivity index (χ1n) is 12.2. The number of aromatic nitrogens is 5. The Morgan fingerprint density at radius 2 is 2.03 bits per heavy atom. The van der Waals surface area contributed by atoms with Gasteiger partial charge in [0.05, 0.1) is 7.11 Å². The van der Waals surface area contributed by atoms with Gasteiger partial charge in [-0.25, -0.2) is 4.98 Å². The monoisotopic (exact) mass is 507 g/mol. The molecule has 1 fully saturated rings. The summed E-state index contributed by atoms with van der Waals surface area (Å²) in [6.07, 6.45) is 7.39. The lowest BCUT2D eigenvalue weighted by Crippen LogP contribution is -2.37. The van der Waals surface area contributed by atoms with Crippen molar-refractivity contribution in [2.75, 3.05) is 25.9 Å². The third-order valence-electron chi connectivity index (χ3n) is 7.06. The van der Waals surface area contributed by atoms with Crippen LogP contribution < -0.4 is 10.5 Å². The average molecular weight is 508 g/mol. The summed E-state index contributed by atoms with van der Waals surface area (Å²) in [6.45, 7) is 3.98. The number of benzene rings is 1. The predicted octanol–water partition coefficient (Wildman–Crippen LogP) is 4.31. The van der Waals surface area contributed by atoms with Crippen molar-refractivity contribution in [3.8, 4) is 16.9 Å². The number of ether oxygens (including phenoxy) is 1. The van der Waals surface area contributed by atoms with Gasteiger partial charge in [0, 0.05) is 45.4 Å². The Labute approximate surface area is 214 Å². The van der Waals surface area contributed by atoms with Gasteiger partial charge in [-0.1, -0.05) is 6.07 Å². The molecule has 0 spiro atoms. The minimum Gasteiger partial charge on any atom is -0.497 e. The van der Waals surface area contributed by atoms with Crippen molar-refractivity contribution in [2.24, 2.45) is 5.92 Å². The lowest BCUT2D eigenvalue weighted by Gasteiger charge is -2.31. The summed E-state index contributed by atoms with van der Waals surface area (Å²) in [5.41, 5.74) is 10.7. The number of hydrogen-bond donors (Lipinski definition) is 2. The summed E-state index contributed by atoms with van der Waals surface area (Å²) < 4.78 is 7.64. The van der Waals surface area contributed by atoms with Gasteiger partial charge in [-0.3, -0.25) is 4.79 Å². The summed E-state index contributed by atoms with van der Waals surface area (Å²) in [5.74, 6) is 2.57. The molecule has 0 unspecified atom stereocenters. The molecule has 3 aromatic heterocycles. The van der Waals surface area contributed by atoms with E-state index in [4.69, 9.17) is 27.1 Å². The average Bonchev–Trinajstić information content (AvgIpc) is 3.52. The minimum atomic E-state index is 0.108. The summed E-state index contributed by atoms with van der Waals surface area (Å²) in [4.78, 5) is 30.3. The number of rotatable bonds is 7. The number of anilines is 1. The predicted molar refractivity (Wildman–Crippen MR) is 140 cm³/mol. The normalized spacial score (nSPS) is 14.5. The molecule has 5 rings (SSSR count). The van der Waals surface area contributed by atoms with Gasteiger partial charge in [-0.2, -0.15) is 9.97 Å². The van der Waals surface area contributed by atoms with Crippen LogP contribution in [-0.2, 0) is 17.8 Å². The van der Waals surface area contributed by atoms with Crippen LogP contribution in [-0.4, -0.2) is 55.5 Å². The number of nitrogen functional groups attached to an aromatic ring is 1. The standard InChI is InChI=1S/C26H30ClN7O2/c1-16(35)33-10-6-17(7-11-33)8-12-34-22(30-23-24(28)31-26(27)32-25(23)34)14-19-13-20(36-2)3-4-21(19)18-5-9-29-15-18/h3-5,9,13,15,17,29H,6-8,10-12,14H2,1-2H3,(H2,28,31,32). The summed E-state index contributed by atoms with van der Waals surface area (Å²) >= 11 is 6.19. The second-order valence-electron chi connectivity index (χ2n) is 9.27. The number of amides is 1. The molecule has 1 aliphatic rings. The Bertz CT molecular complexity index is 1370. The van der Waals surface area contributed by atoms with Crippen LogP contribution in [0, 0.1) is 5.92 Å². The van der Waals surface area contributed by atoms with Crippen molar-refractivity contribution in [1.29, 1.82) is 0 Å². The number of nitrogens with two attached hydrogens (primary N) is 1. The molecular weight excluding hydrogens is 478 g/mol. The number of nitrogens with zero attached hydrogens (tertiary/aromatic N) is 5. The zero-order chi connectivity index (χ0) is 25.2. The first kappa shape index (κ1) is 24.1. The Balaban J connectivity index is 1.48. The number of halogens is 1. The zero-order valence-electron chi connectivity index (χ0n) is 20.5. The van der Waals surface area contributed by atoms with Crippen molar-refractivity contribution >= 4 is 34.5 Å². The quantitative estimate of drug-likeness (QED) is 0.360. The van der Waals surface area contributed by atoms with Crippen molar-refractivity contribution in [1.82, 2.24) is 29.4 Å². The molecule has 0 aliphatic carbocycles. The molecule has 0 saturated carbocycles. The van der Waals surface area contributed by atoms with Crippen LogP contribution in [0.15, 0.2) is 36.7 Å². The molecule has 1 aliphatic heterocycles. The first-order chi connectivity index (χ1) is 17.4. The Hall–Kier alpha value is -3.59. The molecule has 4 heterocycles. The number of piperidine rings is 1. The topological polar surface area (TPSA) is 115 Å². The van der Waals surface area contributed by atoms with Crippen LogP contribution in [0.5, 0.6) is 5.75 Å². The maximum atomic E-state index is 11.7. The molecule has 3 N–H and O–H groups in total. The van der Waals surface area contributed by atoms with Crippen LogP contribution >= 0.6 is 11.6 Å². The van der Waals surface area contributed by atoms with Gasteiger partial charge in [0.2, 0.25) is 11.2 Å². The van der Waals surface area contributed by atoms with Crippen molar-refractivity contribution in [2.45, 2.75) is 39.2 Å². The maximum Gasteiger partial charge on any atom is 0.226 e. The fourth-order valence-corrected chi connectivity index (χ4v) is 5.22. The molecule has 4 aromatic rings. The lowest BCUT2D eigenvalue weighted by atomic mass is 9.93. The molecule has 0 atom stereocenters. The highest BCUT2D eigenvalue weighted by molar-refractivity contribution is 6.28. The Kier molecular flexibility index (Phi) is 6.82. The molecule has 0 bridgehead atoms. The second kappa shape index (κ2) is 10.2. The van der Waals surface area contributed by atoms with E-state index < -0.39 is 0 Å². The van der Waals surface area contributed by atoms with Crippen LogP contribution in [0.4, 0.5) is 5.82 Å². The highest BCUT2D eigenvalue weighted by Crippen LogP contribution is 2.31. The number of methoxy groups -OCH3 is 1. The van der Waals surface area contributed by atoms with Gasteiger partial charge in [-0.15, -0.1) is 0 Å².